The molecule has 0 saturated carbocycles. The lowest BCUT2D eigenvalue weighted by Crippen LogP contribution is -2.46. The van der Waals surface area contributed by atoms with Crippen molar-refractivity contribution in [2.45, 2.75) is 44.2 Å². The molecule has 0 atom stereocenters. The summed E-state index contributed by atoms with van der Waals surface area (Å²) in [5.74, 6) is -0.0581. The smallest absolute Gasteiger partial charge is 0.317 e. The molecule has 10 nitrogen and oxygen atoms in total. The van der Waals surface area contributed by atoms with Crippen LogP contribution in [0, 0.1) is 13.8 Å². The van der Waals surface area contributed by atoms with Crippen LogP contribution in [0.2, 0.25) is 0 Å². The SMILES string of the molecule is Cc1nc(OCC(=O)N(C)C2CCN(Cc3ccccc3)CC2)nc(C)c1N.O=S(=O)(O)c1ccccc1. The molecule has 1 amide bonds. The molecular formula is C27H35N5O5S. The number of hydrogen-bond acceptors (Lipinski definition) is 8. The van der Waals surface area contributed by atoms with Gasteiger partial charge in [0.25, 0.3) is 16.0 Å². The second kappa shape index (κ2) is 13.3. The molecule has 204 valence electrons. The molecular weight excluding hydrogens is 506 g/mol. The number of aryl methyl sites for hydroxylation is 2. The Morgan fingerprint density at radius 3 is 2.05 bits per heavy atom. The van der Waals surface area contributed by atoms with Crippen molar-refractivity contribution in [2.75, 3.05) is 32.5 Å². The number of nitrogens with two attached hydrogens (primary N) is 1. The number of likely N-dealkylation sites (tertiary alicyclic amines) is 1. The van der Waals surface area contributed by atoms with Crippen molar-refractivity contribution in [1.82, 2.24) is 19.8 Å². The molecule has 1 aromatic heterocycles. The molecule has 4 rings (SSSR count). The number of hydrogen-bond donors (Lipinski definition) is 2. The molecule has 3 N–H and O–H groups in total. The van der Waals surface area contributed by atoms with Crippen LogP contribution < -0.4 is 10.5 Å². The van der Waals surface area contributed by atoms with Crippen LogP contribution in [-0.4, -0.2) is 71.4 Å². The molecule has 38 heavy (non-hydrogen) atoms. The topological polar surface area (TPSA) is 139 Å². The van der Waals surface area contributed by atoms with E-state index in [1.807, 2.05) is 13.1 Å². The maximum atomic E-state index is 12.5. The highest BCUT2D eigenvalue weighted by molar-refractivity contribution is 7.85. The Morgan fingerprint density at radius 1 is 1.03 bits per heavy atom. The lowest BCUT2D eigenvalue weighted by Gasteiger charge is -2.36. The van der Waals surface area contributed by atoms with Gasteiger partial charge in [-0.05, 0) is 44.4 Å². The van der Waals surface area contributed by atoms with Crippen molar-refractivity contribution in [3.05, 3.63) is 77.6 Å². The molecule has 3 aromatic rings. The second-order valence-corrected chi connectivity index (χ2v) is 10.6. The summed E-state index contributed by atoms with van der Waals surface area (Å²) in [6, 6.07) is 18.3. The fraction of sp³-hybridized carbons (Fsp3) is 0.370. The minimum Gasteiger partial charge on any atom is -0.453 e. The number of nitrogen functional groups attached to an aromatic ring is 1. The van der Waals surface area contributed by atoms with E-state index in [0.717, 1.165) is 32.5 Å². The van der Waals surface area contributed by atoms with E-state index in [4.69, 9.17) is 15.0 Å². The van der Waals surface area contributed by atoms with Gasteiger partial charge in [0, 0.05) is 32.7 Å². The maximum Gasteiger partial charge on any atom is 0.317 e. The largest absolute Gasteiger partial charge is 0.453 e. The van der Waals surface area contributed by atoms with Gasteiger partial charge in [0.15, 0.2) is 6.61 Å². The lowest BCUT2D eigenvalue weighted by molar-refractivity contribution is -0.135. The molecule has 11 heteroatoms. The van der Waals surface area contributed by atoms with Gasteiger partial charge in [0.05, 0.1) is 22.0 Å². The van der Waals surface area contributed by atoms with Crippen molar-refractivity contribution in [2.24, 2.45) is 0 Å². The summed E-state index contributed by atoms with van der Waals surface area (Å²) in [6.07, 6.45) is 1.93. The third-order valence-electron chi connectivity index (χ3n) is 6.42. The Balaban J connectivity index is 0.000000336. The van der Waals surface area contributed by atoms with Gasteiger partial charge in [0.2, 0.25) is 0 Å². The highest BCUT2D eigenvalue weighted by Gasteiger charge is 2.25. The monoisotopic (exact) mass is 541 g/mol. The van der Waals surface area contributed by atoms with Gasteiger partial charge in [-0.2, -0.15) is 18.4 Å². The van der Waals surface area contributed by atoms with E-state index in [2.05, 4.69) is 39.1 Å². The number of benzene rings is 2. The Hall–Kier alpha value is -3.54. The predicted molar refractivity (Wildman–Crippen MR) is 145 cm³/mol. The molecule has 0 bridgehead atoms. The van der Waals surface area contributed by atoms with Crippen molar-refractivity contribution in [1.29, 1.82) is 0 Å². The maximum absolute atomic E-state index is 12.5. The van der Waals surface area contributed by atoms with E-state index in [-0.39, 0.29) is 29.5 Å². The normalized spacial score (nSPS) is 14.3. The Morgan fingerprint density at radius 2 is 1.55 bits per heavy atom. The molecule has 0 aliphatic carbocycles. The first-order valence-corrected chi connectivity index (χ1v) is 13.8. The summed E-state index contributed by atoms with van der Waals surface area (Å²) < 4.78 is 34.8. The summed E-state index contributed by atoms with van der Waals surface area (Å²) in [5, 5.41) is 0. The zero-order valence-corrected chi connectivity index (χ0v) is 22.8. The van der Waals surface area contributed by atoms with E-state index in [1.54, 1.807) is 36.9 Å². The Bertz CT molecular complexity index is 1270. The van der Waals surface area contributed by atoms with Crippen molar-refractivity contribution in [3.8, 4) is 6.01 Å². The zero-order chi connectivity index (χ0) is 27.7. The standard InChI is InChI=1S/C21H29N5O2.C6H6O3S/c1-15-20(22)16(2)24-21(23-15)28-14-19(27)25(3)18-9-11-26(12-10-18)13-17-7-5-4-6-8-17;7-10(8,9)6-4-2-1-3-5-6/h4-8,18H,9-14,22H2,1-3H3;1-5H,(H,7,8,9). The van der Waals surface area contributed by atoms with Crippen LogP contribution in [0.3, 0.4) is 0 Å². The van der Waals surface area contributed by atoms with Gasteiger partial charge in [-0.15, -0.1) is 0 Å². The molecule has 0 unspecified atom stereocenters. The number of anilines is 1. The average Bonchev–Trinajstić information content (AvgIpc) is 2.91. The minimum atomic E-state index is -4.00. The fourth-order valence-corrected chi connectivity index (χ4v) is 4.59. The highest BCUT2D eigenvalue weighted by Crippen LogP contribution is 2.19. The Labute approximate surface area is 224 Å². The number of nitrogens with zero attached hydrogens (tertiary/aromatic N) is 4. The van der Waals surface area contributed by atoms with Crippen LogP contribution in [0.1, 0.15) is 29.8 Å². The molecule has 1 saturated heterocycles. The van der Waals surface area contributed by atoms with Gasteiger partial charge in [-0.25, -0.2) is 0 Å². The van der Waals surface area contributed by atoms with Gasteiger partial charge in [0.1, 0.15) is 0 Å². The van der Waals surface area contributed by atoms with Crippen molar-refractivity contribution >= 4 is 21.7 Å². The number of piperidine rings is 1. The molecule has 2 aromatic carbocycles. The molecule has 1 fully saturated rings. The summed E-state index contributed by atoms with van der Waals surface area (Å²) in [5.41, 5.74) is 9.06. The number of ether oxygens (including phenoxy) is 1. The fourth-order valence-electron chi connectivity index (χ4n) is 4.09. The quantitative estimate of drug-likeness (QED) is 0.432. The molecule has 2 heterocycles. The van der Waals surface area contributed by atoms with E-state index in [9.17, 15) is 13.2 Å². The first-order valence-electron chi connectivity index (χ1n) is 12.3. The zero-order valence-electron chi connectivity index (χ0n) is 21.9. The van der Waals surface area contributed by atoms with Crippen LogP contribution in [0.15, 0.2) is 65.6 Å². The van der Waals surface area contributed by atoms with Crippen LogP contribution in [0.25, 0.3) is 0 Å². The van der Waals surface area contributed by atoms with Gasteiger partial charge in [-0.1, -0.05) is 48.5 Å². The highest BCUT2D eigenvalue weighted by atomic mass is 32.2. The first-order chi connectivity index (χ1) is 18.0. The van der Waals surface area contributed by atoms with Gasteiger partial charge >= 0.3 is 6.01 Å². The lowest BCUT2D eigenvalue weighted by atomic mass is 10.0. The van der Waals surface area contributed by atoms with E-state index in [0.29, 0.717) is 17.1 Å². The van der Waals surface area contributed by atoms with E-state index < -0.39 is 10.1 Å². The second-order valence-electron chi connectivity index (χ2n) is 9.17. The van der Waals surface area contributed by atoms with Crippen LogP contribution >= 0.6 is 0 Å². The predicted octanol–water partition coefficient (Wildman–Crippen LogP) is 3.11. The molecule has 1 aliphatic heterocycles. The van der Waals surface area contributed by atoms with Crippen LogP contribution in [0.5, 0.6) is 6.01 Å². The van der Waals surface area contributed by atoms with E-state index in [1.165, 1.54) is 17.7 Å². The third-order valence-corrected chi connectivity index (χ3v) is 7.29. The molecule has 0 radical (unpaired) electrons. The Kier molecular flexibility index (Phi) is 10.2. The van der Waals surface area contributed by atoms with Crippen molar-refractivity contribution in [3.63, 3.8) is 0 Å². The number of carbonyl (C=O) groups is 1. The number of likely N-dealkylation sites (N-methyl/N-ethyl adjacent to an activating group) is 1. The first kappa shape index (κ1) is 29.0. The molecule has 1 aliphatic rings. The van der Waals surface area contributed by atoms with E-state index >= 15 is 0 Å². The van der Waals surface area contributed by atoms with Crippen LogP contribution in [0.4, 0.5) is 5.69 Å². The van der Waals surface area contributed by atoms with Gasteiger partial charge in [-0.3, -0.25) is 14.2 Å². The number of rotatable bonds is 7. The summed E-state index contributed by atoms with van der Waals surface area (Å²) in [4.78, 5) is 25.1. The summed E-state index contributed by atoms with van der Waals surface area (Å²) in [7, 11) is -2.15. The van der Waals surface area contributed by atoms with Crippen molar-refractivity contribution < 1.29 is 22.5 Å². The minimum absolute atomic E-state index is 0.0581. The number of amides is 1. The third kappa shape index (κ3) is 8.51. The average molecular weight is 542 g/mol. The van der Waals surface area contributed by atoms with Gasteiger partial charge < -0.3 is 15.4 Å². The number of aromatic nitrogens is 2. The summed E-state index contributed by atoms with van der Waals surface area (Å²) in [6.45, 7) is 6.46. The number of carbonyl (C=O) groups excluding carboxylic acids is 1. The van der Waals surface area contributed by atoms with Crippen LogP contribution in [-0.2, 0) is 21.5 Å². The summed E-state index contributed by atoms with van der Waals surface area (Å²) >= 11 is 0. The molecule has 0 spiro atoms.